The molecule has 21 heavy (non-hydrogen) atoms. The summed E-state index contributed by atoms with van der Waals surface area (Å²) in [6.07, 6.45) is 6.04. The van der Waals surface area contributed by atoms with Crippen molar-refractivity contribution in [3.05, 3.63) is 47.4 Å². The van der Waals surface area contributed by atoms with Gasteiger partial charge in [0, 0.05) is 47.6 Å². The molecule has 1 aliphatic heterocycles. The Hall–Kier alpha value is -2.16. The maximum atomic E-state index is 12.5. The lowest BCUT2D eigenvalue weighted by molar-refractivity contribution is -0.118. The number of rotatable bonds is 0. The van der Waals surface area contributed by atoms with E-state index in [1.54, 1.807) is 0 Å². The molecule has 1 aliphatic carbocycles. The summed E-state index contributed by atoms with van der Waals surface area (Å²) in [5.74, 6) is 0.297. The Balaban J connectivity index is 1.86. The number of benzene rings is 1. The van der Waals surface area contributed by atoms with Crippen LogP contribution in [0.3, 0.4) is 0 Å². The molecule has 0 amide bonds. The third kappa shape index (κ3) is 1.96. The maximum absolute atomic E-state index is 12.5. The van der Waals surface area contributed by atoms with Crippen molar-refractivity contribution in [3.8, 4) is 0 Å². The van der Waals surface area contributed by atoms with Gasteiger partial charge in [-0.1, -0.05) is 19.9 Å². The quantitative estimate of drug-likeness (QED) is 0.796. The molecule has 2 aliphatic rings. The second kappa shape index (κ2) is 4.17. The van der Waals surface area contributed by atoms with Gasteiger partial charge >= 0.3 is 0 Å². The van der Waals surface area contributed by atoms with E-state index in [1.165, 1.54) is 10.9 Å². The smallest absolute Gasteiger partial charge is 0.161 e. The molecule has 0 fully saturated rings. The van der Waals surface area contributed by atoms with Crippen molar-refractivity contribution >= 4 is 22.2 Å². The zero-order chi connectivity index (χ0) is 14.6. The van der Waals surface area contributed by atoms with Gasteiger partial charge in [0.25, 0.3) is 0 Å². The molecule has 0 saturated heterocycles. The predicted molar refractivity (Wildman–Crippen MR) is 84.1 cm³/mol. The standard InChI is InChI=1S/C18H18N2O/c1-18(2)8-16-14(17(21)9-18)7-13-12-5-6-19-10-11(12)3-4-15(13)20-16/h3-6,10,20H,7-9H2,1-2H3. The minimum Gasteiger partial charge on any atom is -0.358 e. The van der Waals surface area contributed by atoms with E-state index in [0.717, 1.165) is 35.2 Å². The lowest BCUT2D eigenvalue weighted by Crippen LogP contribution is -2.31. The molecule has 0 radical (unpaired) electrons. The van der Waals surface area contributed by atoms with Crippen LogP contribution in [0.4, 0.5) is 5.69 Å². The van der Waals surface area contributed by atoms with Crippen molar-refractivity contribution in [3.63, 3.8) is 0 Å². The van der Waals surface area contributed by atoms with E-state index >= 15 is 0 Å². The number of nitrogens with zero attached hydrogens (tertiary/aromatic N) is 1. The second-order valence-electron chi connectivity index (χ2n) is 6.89. The van der Waals surface area contributed by atoms with E-state index in [1.807, 2.05) is 18.5 Å². The van der Waals surface area contributed by atoms with Crippen LogP contribution in [0.1, 0.15) is 32.3 Å². The predicted octanol–water partition coefficient (Wildman–Crippen LogP) is 3.85. The number of allylic oxidation sites excluding steroid dienone is 2. The summed E-state index contributed by atoms with van der Waals surface area (Å²) >= 11 is 0. The maximum Gasteiger partial charge on any atom is 0.161 e. The van der Waals surface area contributed by atoms with E-state index in [0.29, 0.717) is 12.2 Å². The average molecular weight is 278 g/mol. The van der Waals surface area contributed by atoms with Crippen LogP contribution < -0.4 is 5.32 Å². The van der Waals surface area contributed by atoms with Gasteiger partial charge < -0.3 is 5.32 Å². The van der Waals surface area contributed by atoms with Gasteiger partial charge in [0.15, 0.2) is 5.78 Å². The Morgan fingerprint density at radius 3 is 2.90 bits per heavy atom. The van der Waals surface area contributed by atoms with Crippen molar-refractivity contribution in [1.82, 2.24) is 4.98 Å². The summed E-state index contributed by atoms with van der Waals surface area (Å²) in [4.78, 5) is 16.7. The molecule has 3 nitrogen and oxygen atoms in total. The van der Waals surface area contributed by atoms with Gasteiger partial charge in [0.2, 0.25) is 0 Å². The summed E-state index contributed by atoms with van der Waals surface area (Å²) in [5, 5.41) is 5.84. The van der Waals surface area contributed by atoms with E-state index in [2.05, 4.69) is 36.3 Å². The third-order valence-corrected chi connectivity index (χ3v) is 4.57. The van der Waals surface area contributed by atoms with Crippen molar-refractivity contribution < 1.29 is 4.79 Å². The summed E-state index contributed by atoms with van der Waals surface area (Å²) in [6.45, 7) is 4.33. The van der Waals surface area contributed by atoms with Gasteiger partial charge in [-0.3, -0.25) is 9.78 Å². The molecule has 0 spiro atoms. The number of fused-ring (bicyclic) bond motifs is 3. The largest absolute Gasteiger partial charge is 0.358 e. The minimum absolute atomic E-state index is 0.0567. The first-order chi connectivity index (χ1) is 10.0. The number of anilines is 1. The fourth-order valence-electron chi connectivity index (χ4n) is 3.56. The van der Waals surface area contributed by atoms with Gasteiger partial charge in [0.1, 0.15) is 0 Å². The van der Waals surface area contributed by atoms with E-state index < -0.39 is 0 Å². The first-order valence-electron chi connectivity index (χ1n) is 7.41. The van der Waals surface area contributed by atoms with Crippen molar-refractivity contribution in [2.75, 3.05) is 5.32 Å². The number of Topliss-reactive ketones (excluding diaryl/α,β-unsaturated/α-hetero) is 1. The minimum atomic E-state index is 0.0567. The molecule has 3 heteroatoms. The Labute approximate surface area is 124 Å². The van der Waals surface area contributed by atoms with Crippen LogP contribution in [-0.2, 0) is 11.2 Å². The molecule has 1 N–H and O–H groups in total. The van der Waals surface area contributed by atoms with Crippen molar-refractivity contribution in [2.24, 2.45) is 5.41 Å². The summed E-state index contributed by atoms with van der Waals surface area (Å²) in [7, 11) is 0. The summed E-state index contributed by atoms with van der Waals surface area (Å²) in [5.41, 5.74) is 4.52. The Morgan fingerprint density at radius 2 is 2.05 bits per heavy atom. The highest BCUT2D eigenvalue weighted by Gasteiger charge is 2.35. The number of hydrogen-bond acceptors (Lipinski definition) is 3. The molecule has 2 heterocycles. The van der Waals surface area contributed by atoms with Crippen LogP contribution in [0, 0.1) is 5.41 Å². The fourth-order valence-corrected chi connectivity index (χ4v) is 3.56. The monoisotopic (exact) mass is 278 g/mol. The van der Waals surface area contributed by atoms with Gasteiger partial charge in [-0.25, -0.2) is 0 Å². The highest BCUT2D eigenvalue weighted by Crippen LogP contribution is 2.42. The average Bonchev–Trinajstić information content (AvgIpc) is 2.44. The lowest BCUT2D eigenvalue weighted by Gasteiger charge is -2.36. The molecule has 106 valence electrons. The number of carbonyl (C=O) groups is 1. The zero-order valence-electron chi connectivity index (χ0n) is 12.4. The molecular weight excluding hydrogens is 260 g/mol. The number of aromatic nitrogens is 1. The Morgan fingerprint density at radius 1 is 1.19 bits per heavy atom. The van der Waals surface area contributed by atoms with Crippen LogP contribution in [0.25, 0.3) is 10.8 Å². The molecule has 0 unspecified atom stereocenters. The fraction of sp³-hybridized carbons (Fsp3) is 0.333. The number of nitrogens with one attached hydrogen (secondary N) is 1. The number of hydrogen-bond donors (Lipinski definition) is 1. The molecule has 1 aromatic carbocycles. The number of pyridine rings is 1. The van der Waals surface area contributed by atoms with Gasteiger partial charge in [-0.05, 0) is 34.9 Å². The van der Waals surface area contributed by atoms with Gasteiger partial charge in [-0.2, -0.15) is 0 Å². The highest BCUT2D eigenvalue weighted by molar-refractivity contribution is 6.01. The van der Waals surface area contributed by atoms with Crippen LogP contribution in [-0.4, -0.2) is 10.8 Å². The van der Waals surface area contributed by atoms with Gasteiger partial charge in [0.05, 0.1) is 0 Å². The van der Waals surface area contributed by atoms with Crippen molar-refractivity contribution in [2.45, 2.75) is 33.1 Å². The molecule has 2 aromatic rings. The molecule has 4 rings (SSSR count). The SMILES string of the molecule is CC1(C)CC(=O)C2=C(C1)Nc1ccc3cnccc3c1C2. The molecule has 0 saturated carbocycles. The van der Waals surface area contributed by atoms with E-state index in [-0.39, 0.29) is 5.41 Å². The third-order valence-electron chi connectivity index (χ3n) is 4.57. The van der Waals surface area contributed by atoms with Crippen LogP contribution in [0.15, 0.2) is 41.9 Å². The molecule has 1 aromatic heterocycles. The highest BCUT2D eigenvalue weighted by atomic mass is 16.1. The van der Waals surface area contributed by atoms with Gasteiger partial charge in [-0.15, -0.1) is 0 Å². The normalized spacial score (nSPS) is 20.0. The van der Waals surface area contributed by atoms with Crippen LogP contribution in [0.2, 0.25) is 0 Å². The molecule has 0 atom stereocenters. The summed E-state index contributed by atoms with van der Waals surface area (Å²) < 4.78 is 0. The van der Waals surface area contributed by atoms with Crippen LogP contribution in [0.5, 0.6) is 0 Å². The molecule has 0 bridgehead atoms. The summed E-state index contributed by atoms with van der Waals surface area (Å²) in [6, 6.07) is 6.24. The van der Waals surface area contributed by atoms with Crippen molar-refractivity contribution in [1.29, 1.82) is 0 Å². The zero-order valence-corrected chi connectivity index (χ0v) is 12.4. The second-order valence-corrected chi connectivity index (χ2v) is 6.89. The van der Waals surface area contributed by atoms with E-state index in [9.17, 15) is 4.79 Å². The molecular formula is C18H18N2O. The van der Waals surface area contributed by atoms with E-state index in [4.69, 9.17) is 0 Å². The number of carbonyl (C=O) groups excluding carboxylic acids is 1. The number of ketones is 1. The Bertz CT molecular complexity index is 802. The lowest BCUT2D eigenvalue weighted by atomic mass is 9.73. The first-order valence-corrected chi connectivity index (χ1v) is 7.41. The topological polar surface area (TPSA) is 42.0 Å². The Kier molecular flexibility index (Phi) is 2.49. The first kappa shape index (κ1) is 12.6. The van der Waals surface area contributed by atoms with Crippen LogP contribution >= 0.6 is 0 Å².